The molecule has 3 rings (SSSR count). The summed E-state index contributed by atoms with van der Waals surface area (Å²) in [6.45, 7) is 2.13. The van der Waals surface area contributed by atoms with Crippen LogP contribution in [-0.2, 0) is 9.59 Å². The minimum atomic E-state index is -0.468. The number of nitrogens with two attached hydrogens (primary N) is 1. The average molecular weight is 369 g/mol. The van der Waals surface area contributed by atoms with E-state index in [1.54, 1.807) is 12.1 Å². The van der Waals surface area contributed by atoms with E-state index in [2.05, 4.69) is 5.32 Å². The van der Waals surface area contributed by atoms with E-state index in [4.69, 9.17) is 5.73 Å². The monoisotopic (exact) mass is 369 g/mol. The van der Waals surface area contributed by atoms with Crippen molar-refractivity contribution in [1.82, 2.24) is 0 Å². The van der Waals surface area contributed by atoms with E-state index >= 15 is 0 Å². The van der Waals surface area contributed by atoms with Crippen LogP contribution in [0.5, 0.6) is 0 Å². The molecule has 2 aromatic rings. The molecule has 0 unspecified atom stereocenters. The Hall–Kier alpha value is -2.80. The maximum atomic E-state index is 13.1. The Bertz CT molecular complexity index is 882. The minimum absolute atomic E-state index is 0.0667. The van der Waals surface area contributed by atoms with Gasteiger partial charge in [0.15, 0.2) is 0 Å². The third kappa shape index (κ3) is 4.05. The lowest BCUT2D eigenvalue weighted by Gasteiger charge is -2.24. The molecule has 7 heteroatoms. The molecule has 0 atom stereocenters. The molecular weight excluding hydrogens is 350 g/mol. The van der Waals surface area contributed by atoms with Crippen LogP contribution in [-0.4, -0.2) is 30.0 Å². The molecule has 1 aliphatic heterocycles. The predicted octanol–water partition coefficient (Wildman–Crippen LogP) is 2.56. The van der Waals surface area contributed by atoms with Gasteiger partial charge in [-0.25, -0.2) is 0 Å². The summed E-state index contributed by atoms with van der Waals surface area (Å²) in [5.74, 6) is -0.431. The van der Waals surface area contributed by atoms with Crippen molar-refractivity contribution in [2.45, 2.75) is 18.2 Å². The van der Waals surface area contributed by atoms with Gasteiger partial charge < -0.3 is 16.0 Å². The molecule has 0 radical (unpaired) electrons. The molecule has 1 aliphatic rings. The van der Waals surface area contributed by atoms with E-state index in [0.29, 0.717) is 22.7 Å². The molecule has 134 valence electrons. The molecule has 0 spiro atoms. The number of nitrogens with zero attached hydrogens (tertiary/aromatic N) is 1. The second-order valence-electron chi connectivity index (χ2n) is 6.06. The smallest absolute Gasteiger partial charge is 0.258 e. The number of primary amides is 1. The Labute approximate surface area is 155 Å². The zero-order chi connectivity index (χ0) is 18.7. The molecule has 0 bridgehead atoms. The number of hydrogen-bond acceptors (Lipinski definition) is 4. The molecule has 0 saturated heterocycles. The summed E-state index contributed by atoms with van der Waals surface area (Å²) in [6.07, 6.45) is 0.0667. The van der Waals surface area contributed by atoms with E-state index in [1.807, 2.05) is 37.3 Å². The number of carbonyl (C=O) groups is 3. The first-order valence-electron chi connectivity index (χ1n) is 8.17. The van der Waals surface area contributed by atoms with Crippen molar-refractivity contribution in [1.29, 1.82) is 0 Å². The van der Waals surface area contributed by atoms with Gasteiger partial charge in [-0.15, -0.1) is 11.8 Å². The van der Waals surface area contributed by atoms with E-state index in [9.17, 15) is 14.4 Å². The van der Waals surface area contributed by atoms with E-state index < -0.39 is 5.91 Å². The molecular formula is C19H19N3O3S. The van der Waals surface area contributed by atoms with Crippen LogP contribution in [0, 0.1) is 6.92 Å². The highest BCUT2D eigenvalue weighted by atomic mass is 32.2. The number of benzene rings is 2. The molecule has 0 aromatic heterocycles. The Morgan fingerprint density at radius 3 is 2.77 bits per heavy atom. The van der Waals surface area contributed by atoms with Crippen molar-refractivity contribution in [2.75, 3.05) is 22.5 Å². The van der Waals surface area contributed by atoms with Crippen LogP contribution in [0.1, 0.15) is 22.3 Å². The quantitative estimate of drug-likeness (QED) is 0.847. The zero-order valence-corrected chi connectivity index (χ0v) is 15.1. The van der Waals surface area contributed by atoms with Gasteiger partial charge in [0, 0.05) is 29.1 Å². The van der Waals surface area contributed by atoms with E-state index in [0.717, 1.165) is 10.5 Å². The molecule has 3 amide bonds. The Balaban J connectivity index is 1.93. The highest BCUT2D eigenvalue weighted by molar-refractivity contribution is 8.00. The summed E-state index contributed by atoms with van der Waals surface area (Å²) >= 11 is 1.44. The first kappa shape index (κ1) is 18.0. The van der Waals surface area contributed by atoms with Crippen molar-refractivity contribution >= 4 is 40.9 Å². The van der Waals surface area contributed by atoms with E-state index in [1.165, 1.54) is 16.7 Å². The summed E-state index contributed by atoms with van der Waals surface area (Å²) in [4.78, 5) is 38.4. The second-order valence-corrected chi connectivity index (χ2v) is 7.08. The summed E-state index contributed by atoms with van der Waals surface area (Å²) in [5, 5.41) is 2.79. The number of nitrogens with one attached hydrogen (secondary N) is 1. The minimum Gasteiger partial charge on any atom is -0.370 e. The third-order valence-electron chi connectivity index (χ3n) is 4.00. The molecule has 6 nitrogen and oxygen atoms in total. The van der Waals surface area contributed by atoms with Crippen molar-refractivity contribution in [3.8, 4) is 0 Å². The highest BCUT2D eigenvalue weighted by Crippen LogP contribution is 2.32. The first-order chi connectivity index (χ1) is 12.4. The maximum Gasteiger partial charge on any atom is 0.258 e. The summed E-state index contributed by atoms with van der Waals surface area (Å²) in [5.41, 5.74) is 8.05. The SMILES string of the molecule is Cc1cccc(N(CCC(N)=O)C(=O)c2ccc3c(c2)NC(=O)CS3)c1. The first-order valence-corrected chi connectivity index (χ1v) is 9.16. The summed E-state index contributed by atoms with van der Waals surface area (Å²) < 4.78 is 0. The Morgan fingerprint density at radius 2 is 2.04 bits per heavy atom. The van der Waals surface area contributed by atoms with Crippen LogP contribution in [0.2, 0.25) is 0 Å². The number of amides is 3. The van der Waals surface area contributed by atoms with Crippen LogP contribution in [0.4, 0.5) is 11.4 Å². The van der Waals surface area contributed by atoms with Crippen molar-refractivity contribution in [3.63, 3.8) is 0 Å². The van der Waals surface area contributed by atoms with Gasteiger partial charge in [-0.05, 0) is 42.8 Å². The van der Waals surface area contributed by atoms with Gasteiger partial charge in [-0.1, -0.05) is 12.1 Å². The van der Waals surface area contributed by atoms with Crippen molar-refractivity contribution in [3.05, 3.63) is 53.6 Å². The van der Waals surface area contributed by atoms with Crippen LogP contribution in [0.3, 0.4) is 0 Å². The van der Waals surface area contributed by atoms with Gasteiger partial charge >= 0.3 is 0 Å². The topological polar surface area (TPSA) is 92.5 Å². The van der Waals surface area contributed by atoms with Crippen molar-refractivity contribution in [2.24, 2.45) is 5.73 Å². The molecule has 0 fully saturated rings. The van der Waals surface area contributed by atoms with Gasteiger partial charge in [0.25, 0.3) is 5.91 Å². The Kier molecular flexibility index (Phi) is 5.27. The maximum absolute atomic E-state index is 13.1. The van der Waals surface area contributed by atoms with Crippen LogP contribution < -0.4 is 16.0 Å². The lowest BCUT2D eigenvalue weighted by atomic mass is 10.1. The molecule has 1 heterocycles. The van der Waals surface area contributed by atoms with Gasteiger partial charge in [0.1, 0.15) is 0 Å². The Morgan fingerprint density at radius 1 is 1.23 bits per heavy atom. The molecule has 26 heavy (non-hydrogen) atoms. The molecule has 3 N–H and O–H groups in total. The number of thioether (sulfide) groups is 1. The molecule has 0 saturated carbocycles. The number of hydrogen-bond donors (Lipinski definition) is 2. The van der Waals surface area contributed by atoms with Crippen LogP contribution in [0.15, 0.2) is 47.4 Å². The largest absolute Gasteiger partial charge is 0.370 e. The average Bonchev–Trinajstić information content (AvgIpc) is 2.61. The highest BCUT2D eigenvalue weighted by Gasteiger charge is 2.22. The van der Waals surface area contributed by atoms with Gasteiger partial charge in [-0.3, -0.25) is 14.4 Å². The normalized spacial score (nSPS) is 12.9. The number of rotatable bonds is 5. The van der Waals surface area contributed by atoms with Gasteiger partial charge in [-0.2, -0.15) is 0 Å². The predicted molar refractivity (Wildman–Crippen MR) is 102 cm³/mol. The molecule has 0 aliphatic carbocycles. The zero-order valence-electron chi connectivity index (χ0n) is 14.3. The fourth-order valence-corrected chi connectivity index (χ4v) is 3.53. The number of fused-ring (bicyclic) bond motifs is 1. The lowest BCUT2D eigenvalue weighted by molar-refractivity contribution is -0.118. The number of aryl methyl sites for hydroxylation is 1. The van der Waals surface area contributed by atoms with Crippen LogP contribution >= 0.6 is 11.8 Å². The number of anilines is 2. The summed E-state index contributed by atoms with van der Waals surface area (Å²) in [6, 6.07) is 12.7. The van der Waals surface area contributed by atoms with Gasteiger partial charge in [0.2, 0.25) is 11.8 Å². The standard InChI is InChI=1S/C19H19N3O3S/c1-12-3-2-4-14(9-12)22(8-7-17(20)23)19(25)13-5-6-16-15(10-13)21-18(24)11-26-16/h2-6,9-10H,7-8,11H2,1H3,(H2,20,23)(H,21,24). The van der Waals surface area contributed by atoms with Crippen molar-refractivity contribution < 1.29 is 14.4 Å². The van der Waals surface area contributed by atoms with Gasteiger partial charge in [0.05, 0.1) is 11.4 Å². The third-order valence-corrected chi connectivity index (χ3v) is 5.07. The van der Waals surface area contributed by atoms with Crippen LogP contribution in [0.25, 0.3) is 0 Å². The summed E-state index contributed by atoms with van der Waals surface area (Å²) in [7, 11) is 0. The second kappa shape index (κ2) is 7.61. The fraction of sp³-hybridized carbons (Fsp3) is 0.211. The fourth-order valence-electron chi connectivity index (χ4n) is 2.74. The lowest BCUT2D eigenvalue weighted by Crippen LogP contribution is -2.34. The molecule has 2 aromatic carbocycles. The van der Waals surface area contributed by atoms with E-state index in [-0.39, 0.29) is 24.8 Å². The number of carbonyl (C=O) groups excluding carboxylic acids is 3.